The molecule has 0 unspecified atom stereocenters. The highest BCUT2D eigenvalue weighted by atomic mass is 16.3. The van der Waals surface area contributed by atoms with Crippen molar-refractivity contribution in [2.24, 2.45) is 0 Å². The second-order valence-corrected chi connectivity index (χ2v) is 8.49. The molecule has 0 amide bonds. The molecule has 2 nitrogen and oxygen atoms in total. The van der Waals surface area contributed by atoms with E-state index in [1.165, 1.54) is 33.4 Å². The van der Waals surface area contributed by atoms with Crippen LogP contribution in [-0.4, -0.2) is 10.2 Å². The maximum absolute atomic E-state index is 9.95. The van der Waals surface area contributed by atoms with Crippen molar-refractivity contribution in [3.05, 3.63) is 120 Å². The predicted octanol–water partition coefficient (Wildman–Crippen LogP) is 7.67. The average molecular weight is 427 g/mol. The highest BCUT2D eigenvalue weighted by Crippen LogP contribution is 2.50. The second kappa shape index (κ2) is 7.68. The molecular weight excluding hydrogens is 404 g/mol. The summed E-state index contributed by atoms with van der Waals surface area (Å²) in [7, 11) is 0. The molecule has 6 rings (SSSR count). The summed E-state index contributed by atoms with van der Waals surface area (Å²) in [6.07, 6.45) is 0.886. The average Bonchev–Trinajstić information content (AvgIpc) is 3.23. The first-order chi connectivity index (χ1) is 16.2. The standard InChI is InChI=1S/C31H22O2/c32-24-14-10-20(11-15-24)27-19-28-26-9-5-4-8-23(26)18-29(28)31(21-6-2-1-3-7-21)30(27)22-12-16-25(33)17-13-22/h1-17,19,32-33H,18H2. The summed E-state index contributed by atoms with van der Waals surface area (Å²) in [5, 5.41) is 19.9. The number of fused-ring (bicyclic) bond motifs is 3. The number of phenolic OH excluding ortho intramolecular Hbond substituents is 2. The van der Waals surface area contributed by atoms with Gasteiger partial charge in [-0.05, 0) is 92.4 Å². The molecule has 0 heterocycles. The van der Waals surface area contributed by atoms with Crippen molar-refractivity contribution in [3.63, 3.8) is 0 Å². The minimum atomic E-state index is 0.250. The van der Waals surface area contributed by atoms with E-state index < -0.39 is 0 Å². The molecular formula is C31H22O2. The molecule has 0 fully saturated rings. The Morgan fingerprint density at radius 1 is 0.455 bits per heavy atom. The van der Waals surface area contributed by atoms with Gasteiger partial charge in [0.1, 0.15) is 11.5 Å². The van der Waals surface area contributed by atoms with E-state index in [2.05, 4.69) is 54.6 Å². The van der Waals surface area contributed by atoms with Crippen LogP contribution in [0.2, 0.25) is 0 Å². The maximum atomic E-state index is 9.95. The summed E-state index contributed by atoms with van der Waals surface area (Å²) < 4.78 is 0. The third-order valence-electron chi connectivity index (χ3n) is 6.51. The molecule has 2 N–H and O–H groups in total. The van der Waals surface area contributed by atoms with Crippen LogP contribution in [0.15, 0.2) is 109 Å². The fraction of sp³-hybridized carbons (Fsp3) is 0.0323. The lowest BCUT2D eigenvalue weighted by molar-refractivity contribution is 0.475. The molecule has 0 aromatic heterocycles. The minimum Gasteiger partial charge on any atom is -0.508 e. The van der Waals surface area contributed by atoms with Gasteiger partial charge in [-0.15, -0.1) is 0 Å². The van der Waals surface area contributed by atoms with Gasteiger partial charge in [0.2, 0.25) is 0 Å². The van der Waals surface area contributed by atoms with E-state index in [1.807, 2.05) is 30.3 Å². The Balaban J connectivity index is 1.75. The molecule has 0 aliphatic heterocycles. The molecule has 0 radical (unpaired) electrons. The van der Waals surface area contributed by atoms with E-state index in [9.17, 15) is 10.2 Å². The van der Waals surface area contributed by atoms with Crippen LogP contribution in [0.3, 0.4) is 0 Å². The van der Waals surface area contributed by atoms with Crippen LogP contribution in [0, 0.1) is 0 Å². The van der Waals surface area contributed by atoms with E-state index >= 15 is 0 Å². The first-order valence-corrected chi connectivity index (χ1v) is 11.1. The smallest absolute Gasteiger partial charge is 0.115 e. The van der Waals surface area contributed by atoms with Gasteiger partial charge in [-0.3, -0.25) is 0 Å². The number of hydrogen-bond acceptors (Lipinski definition) is 2. The zero-order valence-corrected chi connectivity index (χ0v) is 18.0. The molecule has 5 aromatic rings. The van der Waals surface area contributed by atoms with Gasteiger partial charge in [0, 0.05) is 0 Å². The molecule has 0 atom stereocenters. The number of aromatic hydroxyl groups is 2. The third-order valence-corrected chi connectivity index (χ3v) is 6.51. The first kappa shape index (κ1) is 19.4. The Hall–Kier alpha value is -4.30. The zero-order chi connectivity index (χ0) is 22.4. The maximum Gasteiger partial charge on any atom is 0.115 e. The van der Waals surface area contributed by atoms with Crippen molar-refractivity contribution < 1.29 is 10.2 Å². The lowest BCUT2D eigenvalue weighted by Gasteiger charge is -2.21. The SMILES string of the molecule is Oc1ccc(-c2cc3c(c(-c4ccccc4)c2-c2ccc(O)cc2)Cc2ccccc2-3)cc1. The van der Waals surface area contributed by atoms with Gasteiger partial charge in [0.05, 0.1) is 0 Å². The Morgan fingerprint density at radius 3 is 1.73 bits per heavy atom. The monoisotopic (exact) mass is 426 g/mol. The molecule has 0 saturated heterocycles. The van der Waals surface area contributed by atoms with Gasteiger partial charge in [-0.1, -0.05) is 78.9 Å². The summed E-state index contributed by atoms with van der Waals surface area (Å²) >= 11 is 0. The molecule has 5 aromatic carbocycles. The molecule has 158 valence electrons. The fourth-order valence-electron chi connectivity index (χ4n) is 5.00. The summed E-state index contributed by atoms with van der Waals surface area (Å²) in [5.74, 6) is 0.500. The first-order valence-electron chi connectivity index (χ1n) is 11.1. The van der Waals surface area contributed by atoms with E-state index in [1.54, 1.807) is 24.3 Å². The molecule has 2 heteroatoms. The van der Waals surface area contributed by atoms with Crippen molar-refractivity contribution in [2.45, 2.75) is 6.42 Å². The summed E-state index contributed by atoms with van der Waals surface area (Å²) in [6, 6.07) is 36.3. The Kier molecular flexibility index (Phi) is 4.51. The third kappa shape index (κ3) is 3.28. The summed E-state index contributed by atoms with van der Waals surface area (Å²) in [6.45, 7) is 0. The van der Waals surface area contributed by atoms with Gasteiger partial charge < -0.3 is 10.2 Å². The minimum absolute atomic E-state index is 0.250. The number of phenols is 2. The van der Waals surface area contributed by atoms with Crippen molar-refractivity contribution in [3.8, 4) is 56.0 Å². The lowest BCUT2D eigenvalue weighted by Crippen LogP contribution is -1.96. The zero-order valence-electron chi connectivity index (χ0n) is 18.0. The van der Waals surface area contributed by atoms with Crippen LogP contribution in [0.25, 0.3) is 44.5 Å². The second-order valence-electron chi connectivity index (χ2n) is 8.49. The van der Waals surface area contributed by atoms with Crippen LogP contribution in [0.5, 0.6) is 11.5 Å². The molecule has 0 saturated carbocycles. The van der Waals surface area contributed by atoms with E-state index in [-0.39, 0.29) is 11.5 Å². The fourth-order valence-corrected chi connectivity index (χ4v) is 5.00. The van der Waals surface area contributed by atoms with Crippen LogP contribution in [-0.2, 0) is 6.42 Å². The van der Waals surface area contributed by atoms with Crippen molar-refractivity contribution >= 4 is 0 Å². The summed E-state index contributed by atoms with van der Waals surface area (Å²) in [5.41, 5.74) is 11.9. The Labute approximate surface area is 193 Å². The van der Waals surface area contributed by atoms with Crippen molar-refractivity contribution in [1.29, 1.82) is 0 Å². The molecule has 0 spiro atoms. The van der Waals surface area contributed by atoms with Gasteiger partial charge in [-0.25, -0.2) is 0 Å². The molecule has 33 heavy (non-hydrogen) atoms. The molecule has 1 aliphatic carbocycles. The van der Waals surface area contributed by atoms with Gasteiger partial charge in [0.25, 0.3) is 0 Å². The van der Waals surface area contributed by atoms with E-state index in [0.29, 0.717) is 0 Å². The molecule has 0 bridgehead atoms. The quantitative estimate of drug-likeness (QED) is 0.305. The van der Waals surface area contributed by atoms with Crippen molar-refractivity contribution in [1.82, 2.24) is 0 Å². The van der Waals surface area contributed by atoms with Crippen LogP contribution in [0.4, 0.5) is 0 Å². The Morgan fingerprint density at radius 2 is 1.03 bits per heavy atom. The number of rotatable bonds is 3. The van der Waals surface area contributed by atoms with Gasteiger partial charge in [0.15, 0.2) is 0 Å². The number of benzene rings is 5. The highest BCUT2D eigenvalue weighted by Gasteiger charge is 2.27. The van der Waals surface area contributed by atoms with Crippen LogP contribution >= 0.6 is 0 Å². The van der Waals surface area contributed by atoms with Crippen molar-refractivity contribution in [2.75, 3.05) is 0 Å². The topological polar surface area (TPSA) is 40.5 Å². The van der Waals surface area contributed by atoms with E-state index in [0.717, 1.165) is 28.7 Å². The molecule has 1 aliphatic rings. The van der Waals surface area contributed by atoms with Gasteiger partial charge in [-0.2, -0.15) is 0 Å². The predicted molar refractivity (Wildman–Crippen MR) is 134 cm³/mol. The Bertz CT molecular complexity index is 1460. The van der Waals surface area contributed by atoms with Crippen LogP contribution in [0.1, 0.15) is 11.1 Å². The normalized spacial score (nSPS) is 11.8. The van der Waals surface area contributed by atoms with E-state index in [4.69, 9.17) is 0 Å². The van der Waals surface area contributed by atoms with Gasteiger partial charge >= 0.3 is 0 Å². The summed E-state index contributed by atoms with van der Waals surface area (Å²) in [4.78, 5) is 0. The largest absolute Gasteiger partial charge is 0.508 e. The number of hydrogen-bond donors (Lipinski definition) is 2. The van der Waals surface area contributed by atoms with Crippen LogP contribution < -0.4 is 0 Å². The lowest BCUT2D eigenvalue weighted by atomic mass is 9.82. The highest BCUT2D eigenvalue weighted by molar-refractivity contribution is 6.01.